The van der Waals surface area contributed by atoms with E-state index < -0.39 is 11.0 Å². The number of thiazole rings is 1. The molecule has 0 aliphatic heterocycles. The van der Waals surface area contributed by atoms with Gasteiger partial charge in [0.15, 0.2) is 0 Å². The molecule has 1 aromatic heterocycles. The molecule has 2 rings (SSSR count). The summed E-state index contributed by atoms with van der Waals surface area (Å²) in [6.07, 6.45) is 0.798. The van der Waals surface area contributed by atoms with Gasteiger partial charge in [0.05, 0.1) is 20.9 Å². The number of ether oxygens (including phenoxy) is 1. The second kappa shape index (κ2) is 6.50. The number of halogens is 1. The second-order valence-corrected chi connectivity index (χ2v) is 6.65. The van der Waals surface area contributed by atoms with E-state index in [4.69, 9.17) is 4.74 Å². The molecule has 0 fully saturated rings. The molecule has 0 aliphatic rings. The van der Waals surface area contributed by atoms with Crippen molar-refractivity contribution in [1.82, 2.24) is 4.98 Å². The molecule has 0 aliphatic carbocycles. The molecule has 112 valence electrons. The molecule has 0 spiro atoms. The maximum atomic E-state index is 11.2. The first-order valence-electron chi connectivity index (χ1n) is 6.08. The van der Waals surface area contributed by atoms with Crippen molar-refractivity contribution in [1.29, 1.82) is 0 Å². The SMILES string of the molecule is Cc1ncc(COc2c(C(C)O)cc(Br)cc2[N+](=O)[O-])s1. The van der Waals surface area contributed by atoms with Crippen molar-refractivity contribution in [2.75, 3.05) is 0 Å². The summed E-state index contributed by atoms with van der Waals surface area (Å²) in [6, 6.07) is 2.98. The Morgan fingerprint density at radius 3 is 2.81 bits per heavy atom. The molecule has 8 heteroatoms. The van der Waals surface area contributed by atoms with Gasteiger partial charge in [-0.25, -0.2) is 4.98 Å². The highest BCUT2D eigenvalue weighted by molar-refractivity contribution is 9.10. The van der Waals surface area contributed by atoms with Crippen molar-refractivity contribution >= 4 is 33.0 Å². The number of aliphatic hydroxyl groups is 1. The number of nitro benzene ring substituents is 1. The Kier molecular flexibility index (Phi) is 4.92. The molecule has 0 saturated heterocycles. The van der Waals surface area contributed by atoms with Crippen LogP contribution < -0.4 is 4.74 Å². The molecule has 1 atom stereocenters. The molecule has 2 aromatic rings. The highest BCUT2D eigenvalue weighted by Crippen LogP contribution is 2.38. The smallest absolute Gasteiger partial charge is 0.312 e. The molecule has 1 heterocycles. The molecular weight excluding hydrogens is 360 g/mol. The van der Waals surface area contributed by atoms with Crippen LogP contribution >= 0.6 is 27.3 Å². The lowest BCUT2D eigenvalue weighted by atomic mass is 10.1. The highest BCUT2D eigenvalue weighted by Gasteiger charge is 2.23. The van der Waals surface area contributed by atoms with Crippen LogP contribution in [0.3, 0.4) is 0 Å². The minimum Gasteiger partial charge on any atom is -0.481 e. The molecule has 0 bridgehead atoms. The van der Waals surface area contributed by atoms with Crippen LogP contribution in [0.1, 0.15) is 28.5 Å². The number of hydrogen-bond acceptors (Lipinski definition) is 6. The van der Waals surface area contributed by atoms with Crippen LogP contribution in [0.4, 0.5) is 5.69 Å². The van der Waals surface area contributed by atoms with Crippen LogP contribution in [0, 0.1) is 17.0 Å². The van der Waals surface area contributed by atoms with Crippen LogP contribution in [0.25, 0.3) is 0 Å². The normalized spacial score (nSPS) is 12.2. The predicted octanol–water partition coefficient (Wildman–Crippen LogP) is 3.75. The van der Waals surface area contributed by atoms with Crippen LogP contribution in [-0.2, 0) is 6.61 Å². The van der Waals surface area contributed by atoms with Gasteiger partial charge in [0.2, 0.25) is 5.75 Å². The number of rotatable bonds is 5. The fraction of sp³-hybridized carbons (Fsp3) is 0.308. The zero-order chi connectivity index (χ0) is 15.6. The highest BCUT2D eigenvalue weighted by atomic mass is 79.9. The van der Waals surface area contributed by atoms with E-state index in [9.17, 15) is 15.2 Å². The zero-order valence-electron chi connectivity index (χ0n) is 11.4. The van der Waals surface area contributed by atoms with Crippen molar-refractivity contribution < 1.29 is 14.8 Å². The average Bonchev–Trinajstić information content (AvgIpc) is 2.81. The van der Waals surface area contributed by atoms with Crippen LogP contribution in [-0.4, -0.2) is 15.0 Å². The van der Waals surface area contributed by atoms with Gasteiger partial charge in [-0.15, -0.1) is 11.3 Å². The zero-order valence-corrected chi connectivity index (χ0v) is 13.8. The standard InChI is InChI=1S/C13H13BrN2O4S/c1-7(17)11-3-9(14)4-12(16(18)19)13(11)20-6-10-5-15-8(2)21-10/h3-5,7,17H,6H2,1-2H3. The third-order valence-electron chi connectivity index (χ3n) is 2.74. The maximum absolute atomic E-state index is 11.2. The van der Waals surface area contributed by atoms with Crippen molar-refractivity contribution in [2.24, 2.45) is 0 Å². The molecule has 0 amide bonds. The maximum Gasteiger partial charge on any atom is 0.312 e. The van der Waals surface area contributed by atoms with Crippen molar-refractivity contribution in [3.8, 4) is 5.75 Å². The van der Waals surface area contributed by atoms with Gasteiger partial charge >= 0.3 is 5.69 Å². The Hall–Kier alpha value is -1.51. The molecule has 1 unspecified atom stereocenters. The minimum absolute atomic E-state index is 0.0873. The van der Waals surface area contributed by atoms with E-state index in [1.807, 2.05) is 6.92 Å². The minimum atomic E-state index is -0.876. The summed E-state index contributed by atoms with van der Waals surface area (Å²) in [6.45, 7) is 3.58. The van der Waals surface area contributed by atoms with Crippen LogP contribution in [0.2, 0.25) is 0 Å². The largest absolute Gasteiger partial charge is 0.481 e. The predicted molar refractivity (Wildman–Crippen MR) is 82.6 cm³/mol. The van der Waals surface area contributed by atoms with E-state index in [-0.39, 0.29) is 18.0 Å². The Morgan fingerprint density at radius 2 is 2.29 bits per heavy atom. The summed E-state index contributed by atoms with van der Waals surface area (Å²) < 4.78 is 6.11. The number of aromatic nitrogens is 1. The van der Waals surface area contributed by atoms with Crippen molar-refractivity contribution in [3.05, 3.63) is 48.4 Å². The summed E-state index contributed by atoms with van der Waals surface area (Å²) >= 11 is 4.66. The molecule has 1 aromatic carbocycles. The van der Waals surface area contributed by atoms with Gasteiger partial charge in [0.25, 0.3) is 0 Å². The van der Waals surface area contributed by atoms with E-state index in [1.54, 1.807) is 12.3 Å². The van der Waals surface area contributed by atoms with Crippen molar-refractivity contribution in [2.45, 2.75) is 26.6 Å². The van der Waals surface area contributed by atoms with Gasteiger partial charge in [-0.2, -0.15) is 0 Å². The second-order valence-electron chi connectivity index (χ2n) is 4.41. The molecule has 6 nitrogen and oxygen atoms in total. The summed E-state index contributed by atoms with van der Waals surface area (Å²) in [4.78, 5) is 15.6. The van der Waals surface area contributed by atoms with Gasteiger partial charge < -0.3 is 9.84 Å². The summed E-state index contributed by atoms with van der Waals surface area (Å²) in [5, 5.41) is 21.9. The van der Waals surface area contributed by atoms with E-state index in [0.717, 1.165) is 9.88 Å². The monoisotopic (exact) mass is 372 g/mol. The lowest BCUT2D eigenvalue weighted by Gasteiger charge is -2.13. The van der Waals surface area contributed by atoms with E-state index in [1.165, 1.54) is 24.3 Å². The fourth-order valence-electron chi connectivity index (χ4n) is 1.82. The lowest BCUT2D eigenvalue weighted by molar-refractivity contribution is -0.386. The van der Waals surface area contributed by atoms with Crippen LogP contribution in [0.5, 0.6) is 5.75 Å². The first-order valence-corrected chi connectivity index (χ1v) is 7.69. The number of hydrogen-bond donors (Lipinski definition) is 1. The van der Waals surface area contributed by atoms with E-state index >= 15 is 0 Å². The van der Waals surface area contributed by atoms with Crippen LogP contribution in [0.15, 0.2) is 22.8 Å². The summed E-state index contributed by atoms with van der Waals surface area (Å²) in [5.41, 5.74) is 0.193. The Balaban J connectivity index is 2.37. The number of aliphatic hydroxyl groups excluding tert-OH is 1. The van der Waals surface area contributed by atoms with Gasteiger partial charge in [0.1, 0.15) is 6.61 Å². The van der Waals surface area contributed by atoms with E-state index in [2.05, 4.69) is 20.9 Å². The quantitative estimate of drug-likeness (QED) is 0.637. The molecule has 0 saturated carbocycles. The number of aryl methyl sites for hydroxylation is 1. The first-order chi connectivity index (χ1) is 9.88. The Bertz CT molecular complexity index is 672. The van der Waals surface area contributed by atoms with Gasteiger partial charge in [-0.05, 0) is 19.9 Å². The average molecular weight is 373 g/mol. The van der Waals surface area contributed by atoms with Gasteiger partial charge in [-0.1, -0.05) is 15.9 Å². The van der Waals surface area contributed by atoms with Gasteiger partial charge in [-0.3, -0.25) is 10.1 Å². The molecule has 1 N–H and O–H groups in total. The van der Waals surface area contributed by atoms with Crippen molar-refractivity contribution in [3.63, 3.8) is 0 Å². The number of nitro groups is 1. The lowest BCUT2D eigenvalue weighted by Crippen LogP contribution is -2.04. The third kappa shape index (κ3) is 3.78. The summed E-state index contributed by atoms with van der Waals surface area (Å²) in [7, 11) is 0. The molecular formula is C13H13BrN2O4S. The van der Waals surface area contributed by atoms with Gasteiger partial charge in [0, 0.05) is 22.3 Å². The first kappa shape index (κ1) is 15.9. The number of nitrogens with zero attached hydrogens (tertiary/aromatic N) is 2. The molecule has 21 heavy (non-hydrogen) atoms. The topological polar surface area (TPSA) is 85.5 Å². The fourth-order valence-corrected chi connectivity index (χ4v) is 2.99. The van der Waals surface area contributed by atoms with E-state index in [0.29, 0.717) is 10.0 Å². The molecule has 0 radical (unpaired) electrons. The summed E-state index contributed by atoms with van der Waals surface area (Å²) in [5.74, 6) is 0.0873. The third-order valence-corrected chi connectivity index (χ3v) is 4.08. The number of benzene rings is 1. The Labute approximate surface area is 133 Å². The Morgan fingerprint density at radius 1 is 1.57 bits per heavy atom.